The second-order valence-electron chi connectivity index (χ2n) is 5.36. The van der Waals surface area contributed by atoms with Crippen LogP contribution in [-0.2, 0) is 11.2 Å². The number of benzene rings is 1. The van der Waals surface area contributed by atoms with Crippen LogP contribution in [0.5, 0.6) is 5.75 Å². The molecule has 0 aromatic heterocycles. The minimum Gasteiger partial charge on any atom is -0.479 e. The average Bonchev–Trinajstić information content (AvgIpc) is 3.05. The molecule has 3 rings (SSSR count). The van der Waals surface area contributed by atoms with Crippen molar-refractivity contribution in [2.75, 3.05) is 11.9 Å². The molecule has 0 radical (unpaired) electrons. The first-order chi connectivity index (χ1) is 8.48. The zero-order chi connectivity index (χ0) is 12.9. The molecule has 1 aromatic rings. The molecule has 1 unspecified atom stereocenters. The summed E-state index contributed by atoms with van der Waals surface area (Å²) in [7, 11) is 1.76. The molecule has 0 spiro atoms. The Morgan fingerprint density at radius 1 is 1.50 bits per heavy atom. The van der Waals surface area contributed by atoms with Crippen molar-refractivity contribution in [1.82, 2.24) is 0 Å². The van der Waals surface area contributed by atoms with Crippen LogP contribution in [0.3, 0.4) is 0 Å². The van der Waals surface area contributed by atoms with E-state index in [1.807, 2.05) is 18.2 Å². The molecule has 0 saturated heterocycles. The van der Waals surface area contributed by atoms with E-state index >= 15 is 0 Å². The predicted octanol–water partition coefficient (Wildman–Crippen LogP) is 1.50. The summed E-state index contributed by atoms with van der Waals surface area (Å²) in [5.41, 5.74) is 1.33. The fourth-order valence-electron chi connectivity index (χ4n) is 2.37. The number of hydrogen-bond acceptors (Lipinski definition) is 3. The second kappa shape index (κ2) is 3.72. The SMILES string of the molecule is CC1Oc2ccc(CC3(O)CC3)cc2N(C)C1=O. The fourth-order valence-corrected chi connectivity index (χ4v) is 2.37. The molecule has 1 N–H and O–H groups in total. The standard InChI is InChI=1S/C14H17NO3/c1-9-13(16)15(2)11-7-10(3-4-12(11)18-9)8-14(17)5-6-14/h3-4,7,9,17H,5-6,8H2,1-2H3. The number of fused-ring (bicyclic) bond motifs is 1. The van der Waals surface area contributed by atoms with E-state index in [1.165, 1.54) is 0 Å². The predicted molar refractivity (Wildman–Crippen MR) is 67.8 cm³/mol. The summed E-state index contributed by atoms with van der Waals surface area (Å²) in [4.78, 5) is 13.5. The molecule has 96 valence electrons. The van der Waals surface area contributed by atoms with Gasteiger partial charge in [-0.15, -0.1) is 0 Å². The van der Waals surface area contributed by atoms with Crippen molar-refractivity contribution in [3.8, 4) is 5.75 Å². The molecule has 4 nitrogen and oxygen atoms in total. The smallest absolute Gasteiger partial charge is 0.267 e. The van der Waals surface area contributed by atoms with Crippen molar-refractivity contribution in [3.63, 3.8) is 0 Å². The Balaban J connectivity index is 1.92. The van der Waals surface area contributed by atoms with Crippen LogP contribution in [0.25, 0.3) is 0 Å². The van der Waals surface area contributed by atoms with E-state index in [0.717, 1.165) is 29.8 Å². The molecular weight excluding hydrogens is 230 g/mol. The number of carbonyl (C=O) groups is 1. The van der Waals surface area contributed by atoms with E-state index in [1.54, 1.807) is 18.9 Å². The lowest BCUT2D eigenvalue weighted by Gasteiger charge is -2.30. The molecule has 1 saturated carbocycles. The average molecular weight is 247 g/mol. The lowest BCUT2D eigenvalue weighted by molar-refractivity contribution is -0.125. The summed E-state index contributed by atoms with van der Waals surface area (Å²) in [5, 5.41) is 9.93. The van der Waals surface area contributed by atoms with Gasteiger partial charge in [-0.25, -0.2) is 0 Å². The molecule has 1 amide bonds. The van der Waals surface area contributed by atoms with Gasteiger partial charge in [-0.2, -0.15) is 0 Å². The first-order valence-electron chi connectivity index (χ1n) is 6.28. The van der Waals surface area contributed by atoms with E-state index in [4.69, 9.17) is 4.74 Å². The zero-order valence-corrected chi connectivity index (χ0v) is 10.6. The maximum Gasteiger partial charge on any atom is 0.267 e. The summed E-state index contributed by atoms with van der Waals surface area (Å²) >= 11 is 0. The number of likely N-dealkylation sites (N-methyl/N-ethyl adjacent to an activating group) is 1. The Kier molecular flexibility index (Phi) is 2.38. The Hall–Kier alpha value is -1.55. The van der Waals surface area contributed by atoms with Crippen molar-refractivity contribution >= 4 is 11.6 Å². The second-order valence-corrected chi connectivity index (χ2v) is 5.36. The Labute approximate surface area is 106 Å². The van der Waals surface area contributed by atoms with Crippen LogP contribution in [0.2, 0.25) is 0 Å². The number of anilines is 1. The molecule has 1 atom stereocenters. The lowest BCUT2D eigenvalue weighted by Crippen LogP contribution is -2.42. The third-order valence-corrected chi connectivity index (χ3v) is 3.73. The van der Waals surface area contributed by atoms with Crippen molar-refractivity contribution in [2.24, 2.45) is 0 Å². The minimum absolute atomic E-state index is 0.0372. The van der Waals surface area contributed by atoms with E-state index < -0.39 is 11.7 Å². The van der Waals surface area contributed by atoms with Crippen molar-refractivity contribution in [1.29, 1.82) is 0 Å². The summed E-state index contributed by atoms with van der Waals surface area (Å²) in [6.07, 6.45) is 1.96. The molecule has 4 heteroatoms. The lowest BCUT2D eigenvalue weighted by atomic mass is 10.0. The highest BCUT2D eigenvalue weighted by molar-refractivity contribution is 5.99. The van der Waals surface area contributed by atoms with Gasteiger partial charge in [-0.05, 0) is 37.5 Å². The van der Waals surface area contributed by atoms with E-state index in [2.05, 4.69) is 0 Å². The minimum atomic E-state index is -0.514. The van der Waals surface area contributed by atoms with Gasteiger partial charge in [0.25, 0.3) is 5.91 Å². The Bertz CT molecular complexity index is 508. The Morgan fingerprint density at radius 3 is 2.89 bits per heavy atom. The molecule has 18 heavy (non-hydrogen) atoms. The molecular formula is C14H17NO3. The van der Waals surface area contributed by atoms with Crippen LogP contribution >= 0.6 is 0 Å². The maximum absolute atomic E-state index is 11.8. The van der Waals surface area contributed by atoms with E-state index in [0.29, 0.717) is 6.42 Å². The van der Waals surface area contributed by atoms with Gasteiger partial charge in [0.1, 0.15) is 5.75 Å². The fraction of sp³-hybridized carbons (Fsp3) is 0.500. The summed E-state index contributed by atoms with van der Waals surface area (Å²) in [6.45, 7) is 1.75. The van der Waals surface area contributed by atoms with Gasteiger partial charge in [-0.1, -0.05) is 6.07 Å². The van der Waals surface area contributed by atoms with Crippen LogP contribution in [0, 0.1) is 0 Å². The van der Waals surface area contributed by atoms with Crippen LogP contribution in [-0.4, -0.2) is 29.8 Å². The van der Waals surface area contributed by atoms with E-state index in [-0.39, 0.29) is 5.91 Å². The number of nitrogens with zero attached hydrogens (tertiary/aromatic N) is 1. The largest absolute Gasteiger partial charge is 0.479 e. The number of hydrogen-bond donors (Lipinski definition) is 1. The monoisotopic (exact) mass is 247 g/mol. The van der Waals surface area contributed by atoms with Crippen LogP contribution in [0.4, 0.5) is 5.69 Å². The van der Waals surface area contributed by atoms with Gasteiger partial charge in [0, 0.05) is 13.5 Å². The van der Waals surface area contributed by atoms with Crippen molar-refractivity contribution in [3.05, 3.63) is 23.8 Å². The molecule has 1 heterocycles. The van der Waals surface area contributed by atoms with Gasteiger partial charge in [0.2, 0.25) is 0 Å². The quantitative estimate of drug-likeness (QED) is 0.861. The number of ether oxygens (including phenoxy) is 1. The van der Waals surface area contributed by atoms with Crippen molar-refractivity contribution in [2.45, 2.75) is 37.9 Å². The topological polar surface area (TPSA) is 49.8 Å². The van der Waals surface area contributed by atoms with Gasteiger partial charge < -0.3 is 14.7 Å². The molecule has 1 aliphatic carbocycles. The summed E-state index contributed by atoms with van der Waals surface area (Å²) < 4.78 is 5.56. The Morgan fingerprint density at radius 2 is 2.22 bits per heavy atom. The third kappa shape index (κ3) is 1.86. The molecule has 1 aliphatic heterocycles. The normalized spacial score (nSPS) is 24.5. The van der Waals surface area contributed by atoms with Gasteiger partial charge in [0.15, 0.2) is 6.10 Å². The highest BCUT2D eigenvalue weighted by Gasteiger charge is 2.40. The first-order valence-corrected chi connectivity index (χ1v) is 6.28. The third-order valence-electron chi connectivity index (χ3n) is 3.73. The summed E-state index contributed by atoms with van der Waals surface area (Å²) in [6, 6.07) is 5.79. The summed E-state index contributed by atoms with van der Waals surface area (Å²) in [5.74, 6) is 0.695. The zero-order valence-electron chi connectivity index (χ0n) is 10.6. The van der Waals surface area contributed by atoms with Gasteiger partial charge >= 0.3 is 0 Å². The highest BCUT2D eigenvalue weighted by atomic mass is 16.5. The molecule has 1 aromatic carbocycles. The van der Waals surface area contributed by atoms with Crippen LogP contribution in [0.15, 0.2) is 18.2 Å². The van der Waals surface area contributed by atoms with Crippen LogP contribution in [0.1, 0.15) is 25.3 Å². The first kappa shape index (κ1) is 11.5. The van der Waals surface area contributed by atoms with Crippen LogP contribution < -0.4 is 9.64 Å². The van der Waals surface area contributed by atoms with Crippen molar-refractivity contribution < 1.29 is 14.6 Å². The number of amides is 1. The van der Waals surface area contributed by atoms with E-state index in [9.17, 15) is 9.90 Å². The van der Waals surface area contributed by atoms with Gasteiger partial charge in [0.05, 0.1) is 11.3 Å². The number of rotatable bonds is 2. The molecule has 0 bridgehead atoms. The number of carbonyl (C=O) groups excluding carboxylic acids is 1. The molecule has 2 aliphatic rings. The number of aliphatic hydroxyl groups is 1. The maximum atomic E-state index is 11.8. The highest BCUT2D eigenvalue weighted by Crippen LogP contribution is 2.40. The molecule has 1 fully saturated rings. The van der Waals surface area contributed by atoms with Gasteiger partial charge in [-0.3, -0.25) is 4.79 Å².